The summed E-state index contributed by atoms with van der Waals surface area (Å²) in [6, 6.07) is 0. The van der Waals surface area contributed by atoms with Gasteiger partial charge >= 0.3 is 0 Å². The lowest BCUT2D eigenvalue weighted by molar-refractivity contribution is 0.667. The molecule has 1 aliphatic carbocycles. The minimum atomic E-state index is 0.755. The van der Waals surface area contributed by atoms with Gasteiger partial charge in [0.15, 0.2) is 19.3 Å². The molecular weight excluding hydrogens is 84.1 g/mol. The number of rotatable bonds is 0. The smallest absolute Gasteiger partial charge is 0.0220 e. The van der Waals surface area contributed by atoms with Crippen molar-refractivity contribution in [2.24, 2.45) is 5.92 Å². The van der Waals surface area contributed by atoms with E-state index in [2.05, 4.69) is 26.2 Å². The van der Waals surface area contributed by atoms with Gasteiger partial charge in [-0.3, -0.25) is 0 Å². The lowest BCUT2D eigenvalue weighted by atomic mass is 9.91. The first-order chi connectivity index (χ1) is 3.39. The predicted octanol–water partition coefficient (Wildman–Crippen LogP) is 2.03. The van der Waals surface area contributed by atoms with Crippen molar-refractivity contribution in [2.75, 3.05) is 0 Å². The zero-order chi connectivity index (χ0) is 5.11. The zero-order valence-corrected chi connectivity index (χ0v) is 4.72. The van der Waals surface area contributed by atoms with E-state index in [1.807, 2.05) is 0 Å². The van der Waals surface area contributed by atoms with Crippen molar-refractivity contribution in [3.63, 3.8) is 0 Å². The average Bonchev–Trinajstić information content (AvgIpc) is 1.69. The largest absolute Gasteiger partial charge is 0.233 e. The van der Waals surface area contributed by atoms with Crippen LogP contribution in [0.4, 0.5) is 0 Å². The molecule has 1 saturated carbocycles. The molecule has 0 aromatic carbocycles. The molecule has 1 aliphatic rings. The zero-order valence-electron chi connectivity index (χ0n) is 4.72. The van der Waals surface area contributed by atoms with E-state index in [0.29, 0.717) is 0 Å². The van der Waals surface area contributed by atoms with Gasteiger partial charge in [0.05, 0.1) is 0 Å². The van der Waals surface area contributed by atoms with E-state index in [4.69, 9.17) is 0 Å². The summed E-state index contributed by atoms with van der Waals surface area (Å²) in [5.74, 6) is 0.755. The molecule has 1 rings (SSSR count). The summed E-state index contributed by atoms with van der Waals surface area (Å²) in [5, 5.41) is 0. The van der Waals surface area contributed by atoms with Crippen molar-refractivity contribution in [1.29, 1.82) is 0 Å². The second kappa shape index (κ2) is 2.06. The second-order valence-electron chi connectivity index (χ2n) is 2.09. The van der Waals surface area contributed by atoms with Gasteiger partial charge in [0.25, 0.3) is 0 Å². The minimum absolute atomic E-state index is 0.755. The molecule has 0 atom stereocenters. The molecule has 0 nitrogen and oxygen atoms in total. The molecule has 0 radical (unpaired) electrons. The van der Waals surface area contributed by atoms with Gasteiger partial charge in [0.1, 0.15) is 0 Å². The first-order valence-corrected chi connectivity index (χ1v) is 2.88. The second-order valence-corrected chi connectivity index (χ2v) is 2.09. The van der Waals surface area contributed by atoms with Crippen LogP contribution in [-0.4, -0.2) is 0 Å². The van der Waals surface area contributed by atoms with Crippen LogP contribution in [0.2, 0.25) is 0 Å². The van der Waals surface area contributed by atoms with Crippen molar-refractivity contribution < 1.29 is 0 Å². The van der Waals surface area contributed by atoms with E-state index in [1.54, 1.807) is 0 Å². The normalized spacial score (nSPS) is 21.9. The van der Waals surface area contributed by atoms with Gasteiger partial charge in [-0.15, -0.1) is 0 Å². The van der Waals surface area contributed by atoms with Crippen molar-refractivity contribution in [3.8, 4) is 0 Å². The molecule has 0 heteroatoms. The Bertz CT molecular complexity index is 42.0. The predicted molar refractivity (Wildman–Crippen MR) is 31.3 cm³/mol. The van der Waals surface area contributed by atoms with Crippen LogP contribution in [0.15, 0.2) is 0 Å². The van der Waals surface area contributed by atoms with Crippen LogP contribution < -0.4 is 0 Å². The molecule has 0 aromatic heterocycles. The number of hydrogen-bond donors (Lipinski definition) is 0. The van der Waals surface area contributed by atoms with Crippen molar-refractivity contribution in [1.82, 2.24) is 0 Å². The first-order valence-electron chi connectivity index (χ1n) is 2.88. The fourth-order valence-electron chi connectivity index (χ4n) is 0.814. The molecule has 0 spiro atoms. The maximum Gasteiger partial charge on any atom is 0.233 e. The minimum Gasteiger partial charge on any atom is 0.0220 e. The molecule has 0 amide bonds. The van der Waals surface area contributed by atoms with Gasteiger partial charge in [-0.25, -0.2) is 0 Å². The first kappa shape index (κ1) is 4.76. The Balaban J connectivity index is 2.12. The van der Waals surface area contributed by atoms with Gasteiger partial charge < -0.3 is 0 Å². The van der Waals surface area contributed by atoms with Crippen LogP contribution >= 0.6 is 0 Å². The van der Waals surface area contributed by atoms with Gasteiger partial charge in [-0.1, -0.05) is 0 Å². The Morgan fingerprint density at radius 1 is 1.29 bits per heavy atom. The van der Waals surface area contributed by atoms with Gasteiger partial charge in [-0.2, -0.15) is 0 Å². The highest BCUT2D eigenvalue weighted by Crippen LogP contribution is 2.19. The Hall–Kier alpha value is -0.390. The highest BCUT2D eigenvalue weighted by Gasteiger charge is 2.30. The van der Waals surface area contributed by atoms with Crippen LogP contribution in [0.25, 0.3) is 0 Å². The maximum absolute atomic E-state index is 2.32. The van der Waals surface area contributed by atoms with Crippen molar-refractivity contribution in [2.45, 2.75) is 19.8 Å². The summed E-state index contributed by atoms with van der Waals surface area (Å²) in [5.41, 5.74) is 0. The van der Waals surface area contributed by atoms with E-state index in [1.165, 1.54) is 12.8 Å². The fraction of sp³-hybridized carbons (Fsp3) is 0.571. The number of hydrogen-bond acceptors (Lipinski definition) is 0. The molecule has 7 heavy (non-hydrogen) atoms. The Labute approximate surface area is 45.9 Å². The Morgan fingerprint density at radius 2 is 1.86 bits per heavy atom. The summed E-state index contributed by atoms with van der Waals surface area (Å²) in [6.07, 6.45) is 9.35. The molecule has 0 aliphatic heterocycles. The third-order valence-electron chi connectivity index (χ3n) is 1.35. The SMILES string of the molecule is CC1[CH+]C[CH+]C[CH+]1. The summed E-state index contributed by atoms with van der Waals surface area (Å²) in [4.78, 5) is 0. The van der Waals surface area contributed by atoms with E-state index in [9.17, 15) is 0 Å². The molecule has 36 valence electrons. The molecule has 0 aromatic rings. The molecular formula is C7H11+3. The molecule has 0 unspecified atom stereocenters. The monoisotopic (exact) mass is 95.1 g/mol. The quantitative estimate of drug-likeness (QED) is 0.404. The molecule has 1 fully saturated rings. The van der Waals surface area contributed by atoms with E-state index < -0.39 is 0 Å². The fourth-order valence-corrected chi connectivity index (χ4v) is 0.814. The molecule has 0 heterocycles. The summed E-state index contributed by atoms with van der Waals surface area (Å²) < 4.78 is 0. The van der Waals surface area contributed by atoms with Crippen molar-refractivity contribution >= 4 is 0 Å². The van der Waals surface area contributed by atoms with Gasteiger partial charge in [-0.05, 0) is 0 Å². The standard InChI is InChI=1S/C7H11/c1-7-5-3-2-4-6-7/h2,5-7H,3-4H2,1H3/q+3. The lowest BCUT2D eigenvalue weighted by Gasteiger charge is -1.91. The van der Waals surface area contributed by atoms with Gasteiger partial charge in [0, 0.05) is 6.92 Å². The summed E-state index contributed by atoms with van der Waals surface area (Å²) in [7, 11) is 0. The third kappa shape index (κ3) is 1.26. The molecule has 0 bridgehead atoms. The Morgan fingerprint density at radius 3 is 2.14 bits per heavy atom. The van der Waals surface area contributed by atoms with E-state index in [0.717, 1.165) is 5.92 Å². The molecule has 0 saturated heterocycles. The Kier molecular flexibility index (Phi) is 1.40. The van der Waals surface area contributed by atoms with E-state index in [-0.39, 0.29) is 0 Å². The molecule has 0 N–H and O–H groups in total. The lowest BCUT2D eigenvalue weighted by Crippen LogP contribution is -2.02. The van der Waals surface area contributed by atoms with Crippen LogP contribution in [-0.2, 0) is 0 Å². The summed E-state index contributed by atoms with van der Waals surface area (Å²) in [6.45, 7) is 2.23. The van der Waals surface area contributed by atoms with Crippen LogP contribution in [0.3, 0.4) is 0 Å². The maximum atomic E-state index is 2.32. The average molecular weight is 95.2 g/mol. The highest BCUT2D eigenvalue weighted by atomic mass is 14.1. The summed E-state index contributed by atoms with van der Waals surface area (Å²) >= 11 is 0. The highest BCUT2D eigenvalue weighted by molar-refractivity contribution is 4.96. The van der Waals surface area contributed by atoms with E-state index >= 15 is 0 Å². The van der Waals surface area contributed by atoms with Gasteiger partial charge in [0.2, 0.25) is 18.8 Å². The van der Waals surface area contributed by atoms with Crippen LogP contribution in [0, 0.1) is 25.2 Å². The van der Waals surface area contributed by atoms with Crippen LogP contribution in [0.5, 0.6) is 0 Å². The topological polar surface area (TPSA) is 0 Å². The van der Waals surface area contributed by atoms with Crippen molar-refractivity contribution in [3.05, 3.63) is 19.3 Å². The van der Waals surface area contributed by atoms with Crippen LogP contribution in [0.1, 0.15) is 19.8 Å². The third-order valence-corrected chi connectivity index (χ3v) is 1.35.